The Morgan fingerprint density at radius 3 is 1.75 bits per heavy atom. The first kappa shape index (κ1) is 9.88. The molecule has 1 fully saturated rings. The van der Waals surface area contributed by atoms with Gasteiger partial charge in [-0.2, -0.15) is 0 Å². The molecule has 0 aromatic heterocycles. The highest BCUT2D eigenvalue weighted by molar-refractivity contribution is 4.72. The minimum Gasteiger partial charge on any atom is -0.366 e. The highest BCUT2D eigenvalue weighted by atomic mass is 16.5. The maximum atomic E-state index is 5.14. The molecule has 0 radical (unpaired) electrons. The van der Waals surface area contributed by atoms with E-state index in [2.05, 4.69) is 10.6 Å². The van der Waals surface area contributed by atoms with Crippen LogP contribution in [0.5, 0.6) is 0 Å². The lowest BCUT2D eigenvalue weighted by molar-refractivity contribution is -0.115. The van der Waals surface area contributed by atoms with Gasteiger partial charge < -0.3 is 14.2 Å². The quantitative estimate of drug-likeness (QED) is 0.604. The lowest BCUT2D eigenvalue weighted by Crippen LogP contribution is -2.59. The Labute approximate surface area is 72.4 Å². The van der Waals surface area contributed by atoms with Gasteiger partial charge in [-0.25, -0.2) is 0 Å². The van der Waals surface area contributed by atoms with Crippen molar-refractivity contribution in [3.63, 3.8) is 0 Å². The van der Waals surface area contributed by atoms with Crippen molar-refractivity contribution in [2.75, 3.05) is 21.3 Å². The van der Waals surface area contributed by atoms with Crippen molar-refractivity contribution in [1.29, 1.82) is 0 Å². The second-order valence-electron chi connectivity index (χ2n) is 2.63. The fraction of sp³-hybridized carbons (Fsp3) is 1.00. The Morgan fingerprint density at radius 1 is 0.917 bits per heavy atom. The van der Waals surface area contributed by atoms with Crippen LogP contribution in [-0.4, -0.2) is 40.1 Å². The summed E-state index contributed by atoms with van der Waals surface area (Å²) >= 11 is 0. The van der Waals surface area contributed by atoms with Crippen LogP contribution in [0, 0.1) is 0 Å². The summed E-state index contributed by atoms with van der Waals surface area (Å²) in [5, 5.41) is 6.16. The zero-order valence-corrected chi connectivity index (χ0v) is 7.66. The highest BCUT2D eigenvalue weighted by Gasteiger charge is 2.26. The molecule has 0 bridgehead atoms. The Bertz CT molecular complexity index is 104. The van der Waals surface area contributed by atoms with Crippen molar-refractivity contribution >= 4 is 0 Å². The Hall–Kier alpha value is -0.200. The highest BCUT2D eigenvalue weighted by Crippen LogP contribution is 2.07. The van der Waals surface area contributed by atoms with Gasteiger partial charge >= 0.3 is 0 Å². The van der Waals surface area contributed by atoms with Crippen molar-refractivity contribution in [2.24, 2.45) is 0 Å². The molecule has 0 spiro atoms. The lowest BCUT2D eigenvalue weighted by Gasteiger charge is -2.34. The van der Waals surface area contributed by atoms with E-state index in [1.54, 1.807) is 21.3 Å². The summed E-state index contributed by atoms with van der Waals surface area (Å²) in [5.41, 5.74) is 0. The van der Waals surface area contributed by atoms with E-state index in [0.29, 0.717) is 0 Å². The largest absolute Gasteiger partial charge is 0.366 e. The van der Waals surface area contributed by atoms with Crippen LogP contribution in [0.1, 0.15) is 6.42 Å². The molecular formula is C7H16N2O3. The van der Waals surface area contributed by atoms with E-state index in [0.717, 1.165) is 6.42 Å². The van der Waals surface area contributed by atoms with Gasteiger partial charge in [0.2, 0.25) is 0 Å². The topological polar surface area (TPSA) is 51.8 Å². The first-order valence-electron chi connectivity index (χ1n) is 3.90. The van der Waals surface area contributed by atoms with Gasteiger partial charge in [0.05, 0.1) is 0 Å². The molecule has 1 rings (SSSR count). The molecule has 72 valence electrons. The number of nitrogens with one attached hydrogen (secondary N) is 2. The summed E-state index contributed by atoms with van der Waals surface area (Å²) in [6.45, 7) is 0. The molecule has 1 aliphatic rings. The van der Waals surface area contributed by atoms with E-state index < -0.39 is 0 Å². The Kier molecular flexibility index (Phi) is 3.90. The maximum Gasteiger partial charge on any atom is 0.167 e. The number of hydrogen-bond donors (Lipinski definition) is 2. The molecule has 0 aromatic carbocycles. The molecule has 2 atom stereocenters. The summed E-state index contributed by atoms with van der Waals surface area (Å²) in [5.74, 6) is 0. The third-order valence-corrected chi connectivity index (χ3v) is 1.91. The fourth-order valence-electron chi connectivity index (χ4n) is 1.18. The van der Waals surface area contributed by atoms with Gasteiger partial charge in [0.15, 0.2) is 6.35 Å². The molecule has 0 saturated carbocycles. The van der Waals surface area contributed by atoms with Gasteiger partial charge in [-0.15, -0.1) is 0 Å². The van der Waals surface area contributed by atoms with Crippen molar-refractivity contribution in [3.05, 3.63) is 0 Å². The Morgan fingerprint density at radius 2 is 1.42 bits per heavy atom. The molecule has 0 aliphatic carbocycles. The van der Waals surface area contributed by atoms with Crippen LogP contribution < -0.4 is 10.6 Å². The predicted molar refractivity (Wildman–Crippen MR) is 43.3 cm³/mol. The van der Waals surface area contributed by atoms with Crippen molar-refractivity contribution in [2.45, 2.75) is 25.2 Å². The summed E-state index contributed by atoms with van der Waals surface area (Å²) < 4.78 is 15.4. The van der Waals surface area contributed by atoms with E-state index in [4.69, 9.17) is 14.2 Å². The molecule has 1 aliphatic heterocycles. The van der Waals surface area contributed by atoms with Gasteiger partial charge in [-0.3, -0.25) is 10.6 Å². The third kappa shape index (κ3) is 2.40. The summed E-state index contributed by atoms with van der Waals surface area (Å²) in [6.07, 6.45) is 0.545. The predicted octanol–water partition coefficient (Wildman–Crippen LogP) is -0.556. The van der Waals surface area contributed by atoms with Crippen LogP contribution in [-0.2, 0) is 14.2 Å². The first-order chi connectivity index (χ1) is 5.80. The lowest BCUT2D eigenvalue weighted by atomic mass is 10.3. The van der Waals surface area contributed by atoms with Crippen LogP contribution in [0.15, 0.2) is 0 Å². The van der Waals surface area contributed by atoms with E-state index in [1.165, 1.54) is 0 Å². The van der Waals surface area contributed by atoms with Gasteiger partial charge in [-0.1, -0.05) is 0 Å². The number of methoxy groups -OCH3 is 3. The molecule has 12 heavy (non-hydrogen) atoms. The monoisotopic (exact) mass is 176 g/mol. The Balaban J connectivity index is 2.41. The smallest absolute Gasteiger partial charge is 0.167 e. The number of hydrogen-bond acceptors (Lipinski definition) is 5. The summed E-state index contributed by atoms with van der Waals surface area (Å²) in [4.78, 5) is 0. The second-order valence-corrected chi connectivity index (χ2v) is 2.63. The number of ether oxygens (including phenoxy) is 3. The zero-order valence-electron chi connectivity index (χ0n) is 7.66. The van der Waals surface area contributed by atoms with Crippen molar-refractivity contribution in [3.8, 4) is 0 Å². The summed E-state index contributed by atoms with van der Waals surface area (Å²) in [7, 11) is 4.93. The number of rotatable bonds is 3. The first-order valence-corrected chi connectivity index (χ1v) is 3.90. The van der Waals surface area contributed by atoms with Crippen LogP contribution in [0.25, 0.3) is 0 Å². The average Bonchev–Trinajstić information content (AvgIpc) is 2.16. The molecule has 5 nitrogen and oxygen atoms in total. The standard InChI is InChI=1S/C7H16N2O3/c1-10-5-4-6(11-2)9-7(8-5)12-3/h5-9H,4H2,1-3H3. The van der Waals surface area contributed by atoms with E-state index in [9.17, 15) is 0 Å². The van der Waals surface area contributed by atoms with E-state index in [-0.39, 0.29) is 18.8 Å². The second kappa shape index (κ2) is 4.74. The van der Waals surface area contributed by atoms with Crippen LogP contribution in [0.2, 0.25) is 0 Å². The molecule has 1 heterocycles. The zero-order chi connectivity index (χ0) is 8.97. The minimum atomic E-state index is -0.200. The summed E-state index contributed by atoms with van der Waals surface area (Å²) in [6, 6.07) is 0. The average molecular weight is 176 g/mol. The van der Waals surface area contributed by atoms with Crippen LogP contribution in [0.3, 0.4) is 0 Å². The van der Waals surface area contributed by atoms with Crippen LogP contribution in [0.4, 0.5) is 0 Å². The minimum absolute atomic E-state index is 0.0128. The normalized spacial score (nSPS) is 36.8. The van der Waals surface area contributed by atoms with Gasteiger partial charge in [0.1, 0.15) is 12.5 Å². The van der Waals surface area contributed by atoms with E-state index in [1.807, 2.05) is 0 Å². The molecule has 2 N–H and O–H groups in total. The van der Waals surface area contributed by atoms with E-state index >= 15 is 0 Å². The van der Waals surface area contributed by atoms with Gasteiger partial charge in [0.25, 0.3) is 0 Å². The third-order valence-electron chi connectivity index (χ3n) is 1.91. The van der Waals surface area contributed by atoms with Gasteiger partial charge in [-0.05, 0) is 0 Å². The van der Waals surface area contributed by atoms with Crippen molar-refractivity contribution in [1.82, 2.24) is 10.6 Å². The fourth-order valence-corrected chi connectivity index (χ4v) is 1.18. The molecule has 5 heteroatoms. The molecule has 0 aromatic rings. The van der Waals surface area contributed by atoms with Crippen molar-refractivity contribution < 1.29 is 14.2 Å². The molecule has 2 unspecified atom stereocenters. The SMILES string of the molecule is COC1CC(OC)NC(OC)N1. The molecule has 0 amide bonds. The molecular weight excluding hydrogens is 160 g/mol. The molecule has 1 saturated heterocycles. The van der Waals surface area contributed by atoms with Crippen LogP contribution >= 0.6 is 0 Å². The maximum absolute atomic E-state index is 5.14. The van der Waals surface area contributed by atoms with Gasteiger partial charge in [0, 0.05) is 27.8 Å².